The lowest BCUT2D eigenvalue weighted by molar-refractivity contribution is -0.119. The first-order chi connectivity index (χ1) is 8.49. The monoisotopic (exact) mass is 272 g/mol. The third-order valence-corrected chi connectivity index (χ3v) is 3.54. The summed E-state index contributed by atoms with van der Waals surface area (Å²) in [6.07, 6.45) is 1.72. The van der Waals surface area contributed by atoms with E-state index < -0.39 is 0 Å². The smallest absolute Gasteiger partial charge is 0.138 e. The largest absolute Gasteiger partial charge is 0.382 e. The molecule has 0 aliphatic heterocycles. The van der Waals surface area contributed by atoms with Crippen molar-refractivity contribution in [1.29, 1.82) is 0 Å². The van der Waals surface area contributed by atoms with Crippen LogP contribution in [0.4, 0.5) is 0 Å². The van der Waals surface area contributed by atoms with Crippen LogP contribution in [0.1, 0.15) is 38.1 Å². The average molecular weight is 273 g/mol. The van der Waals surface area contributed by atoms with E-state index in [1.165, 1.54) is 0 Å². The number of carbonyl (C=O) groups excluding carboxylic acids is 1. The van der Waals surface area contributed by atoms with Gasteiger partial charge in [-0.15, -0.1) is 0 Å². The Hall–Kier alpha value is -0.870. The second-order valence-corrected chi connectivity index (χ2v) is 4.84. The van der Waals surface area contributed by atoms with E-state index in [-0.39, 0.29) is 11.9 Å². The van der Waals surface area contributed by atoms with E-state index in [0.29, 0.717) is 17.9 Å². The van der Waals surface area contributed by atoms with Crippen molar-refractivity contribution in [3.8, 4) is 0 Å². The van der Waals surface area contributed by atoms with E-state index in [4.69, 9.17) is 16.3 Å². The van der Waals surface area contributed by atoms with Gasteiger partial charge in [0, 0.05) is 26.5 Å². The quantitative estimate of drug-likeness (QED) is 0.767. The van der Waals surface area contributed by atoms with Crippen LogP contribution >= 0.6 is 11.6 Å². The number of ether oxygens (including phenoxy) is 1. The number of Topliss-reactive ketones (excluding diaryl/α,β-unsaturated/α-hetero) is 1. The zero-order chi connectivity index (χ0) is 13.7. The van der Waals surface area contributed by atoms with Gasteiger partial charge in [-0.2, -0.15) is 5.10 Å². The van der Waals surface area contributed by atoms with Crippen molar-refractivity contribution < 1.29 is 9.53 Å². The number of halogens is 1. The summed E-state index contributed by atoms with van der Waals surface area (Å²) in [5.74, 6) is 0.176. The van der Waals surface area contributed by atoms with Gasteiger partial charge >= 0.3 is 0 Å². The van der Waals surface area contributed by atoms with Crippen LogP contribution in [0.3, 0.4) is 0 Å². The molecular formula is C13H21ClN2O2. The maximum atomic E-state index is 11.9. The van der Waals surface area contributed by atoms with E-state index in [1.54, 1.807) is 11.8 Å². The third kappa shape index (κ3) is 3.82. The fraction of sp³-hybridized carbons (Fsp3) is 0.692. The molecule has 0 radical (unpaired) electrons. The molecular weight excluding hydrogens is 252 g/mol. The number of hydrogen-bond donors (Lipinski definition) is 0. The Morgan fingerprint density at radius 3 is 2.78 bits per heavy atom. The highest BCUT2D eigenvalue weighted by molar-refractivity contribution is 6.32. The number of aryl methyl sites for hydroxylation is 2. The van der Waals surface area contributed by atoms with Crippen LogP contribution in [0.15, 0.2) is 0 Å². The first-order valence-electron chi connectivity index (χ1n) is 6.25. The summed E-state index contributed by atoms with van der Waals surface area (Å²) in [6.45, 7) is 6.53. The maximum Gasteiger partial charge on any atom is 0.138 e. The van der Waals surface area contributed by atoms with Gasteiger partial charge in [-0.05, 0) is 27.2 Å². The Kier molecular flexibility index (Phi) is 5.82. The van der Waals surface area contributed by atoms with Crippen LogP contribution in [-0.2, 0) is 22.5 Å². The molecule has 1 unspecified atom stereocenters. The predicted molar refractivity (Wildman–Crippen MR) is 72.1 cm³/mol. The van der Waals surface area contributed by atoms with E-state index in [1.807, 2.05) is 20.8 Å². The topological polar surface area (TPSA) is 44.1 Å². The van der Waals surface area contributed by atoms with Crippen LogP contribution in [0.2, 0.25) is 5.02 Å². The minimum atomic E-state index is 0.113. The normalized spacial score (nSPS) is 12.7. The zero-order valence-corrected chi connectivity index (χ0v) is 12.3. The van der Waals surface area contributed by atoms with Gasteiger partial charge in [0.05, 0.1) is 22.5 Å². The highest BCUT2D eigenvalue weighted by Crippen LogP contribution is 2.21. The van der Waals surface area contributed by atoms with Crippen molar-refractivity contribution in [3.63, 3.8) is 0 Å². The molecule has 5 heteroatoms. The first kappa shape index (κ1) is 15.2. The van der Waals surface area contributed by atoms with Gasteiger partial charge in [-0.1, -0.05) is 11.6 Å². The number of carbonyl (C=O) groups is 1. The Bertz CT molecular complexity index is 415. The number of aromatic nitrogens is 2. The highest BCUT2D eigenvalue weighted by atomic mass is 35.5. The van der Waals surface area contributed by atoms with Gasteiger partial charge in [0.25, 0.3) is 0 Å². The Balaban J connectivity index is 2.64. The maximum absolute atomic E-state index is 11.9. The van der Waals surface area contributed by atoms with E-state index in [9.17, 15) is 4.79 Å². The third-order valence-electron chi connectivity index (χ3n) is 3.05. The second-order valence-electron chi connectivity index (χ2n) is 4.46. The molecule has 0 aromatic carbocycles. The summed E-state index contributed by atoms with van der Waals surface area (Å²) in [4.78, 5) is 11.9. The van der Waals surface area contributed by atoms with Crippen LogP contribution < -0.4 is 0 Å². The van der Waals surface area contributed by atoms with Crippen LogP contribution in [0.5, 0.6) is 0 Å². The number of rotatable bonds is 7. The van der Waals surface area contributed by atoms with Crippen molar-refractivity contribution in [2.45, 2.75) is 52.7 Å². The number of ketones is 1. The molecule has 1 atom stereocenters. The molecule has 102 valence electrons. The van der Waals surface area contributed by atoms with Gasteiger partial charge in [0.2, 0.25) is 0 Å². The molecule has 4 nitrogen and oxygen atoms in total. The Morgan fingerprint density at radius 1 is 1.56 bits per heavy atom. The lowest BCUT2D eigenvalue weighted by atomic mass is 10.1. The SMILES string of the molecule is CCn1nc(C)c(Cl)c1CC(=O)CCC(C)OC. The number of methoxy groups -OCH3 is 1. The van der Waals surface area contributed by atoms with Crippen molar-refractivity contribution in [2.24, 2.45) is 0 Å². The average Bonchev–Trinajstić information content (AvgIpc) is 2.63. The van der Waals surface area contributed by atoms with E-state index in [2.05, 4.69) is 5.10 Å². The van der Waals surface area contributed by atoms with E-state index in [0.717, 1.165) is 24.4 Å². The summed E-state index contributed by atoms with van der Waals surface area (Å²) in [5, 5.41) is 4.92. The highest BCUT2D eigenvalue weighted by Gasteiger charge is 2.16. The molecule has 0 aliphatic rings. The lowest BCUT2D eigenvalue weighted by Gasteiger charge is -2.09. The summed E-state index contributed by atoms with van der Waals surface area (Å²) < 4.78 is 6.93. The second kappa shape index (κ2) is 6.90. The fourth-order valence-corrected chi connectivity index (χ4v) is 2.00. The minimum Gasteiger partial charge on any atom is -0.382 e. The minimum absolute atomic E-state index is 0.113. The summed E-state index contributed by atoms with van der Waals surface area (Å²) in [7, 11) is 1.65. The molecule has 1 aromatic rings. The van der Waals surface area contributed by atoms with Gasteiger partial charge in [0.15, 0.2) is 0 Å². The van der Waals surface area contributed by atoms with Gasteiger partial charge in [-0.25, -0.2) is 0 Å². The van der Waals surface area contributed by atoms with Gasteiger partial charge in [0.1, 0.15) is 5.78 Å². The van der Waals surface area contributed by atoms with Crippen LogP contribution in [-0.4, -0.2) is 28.8 Å². The molecule has 0 bridgehead atoms. The molecule has 0 fully saturated rings. The van der Waals surface area contributed by atoms with Crippen molar-refractivity contribution in [1.82, 2.24) is 9.78 Å². The molecule has 0 saturated heterocycles. The lowest BCUT2D eigenvalue weighted by Crippen LogP contribution is -2.13. The van der Waals surface area contributed by atoms with Crippen molar-refractivity contribution in [3.05, 3.63) is 16.4 Å². The molecule has 1 aromatic heterocycles. The van der Waals surface area contributed by atoms with Gasteiger partial charge < -0.3 is 4.74 Å². The van der Waals surface area contributed by atoms with Crippen molar-refractivity contribution in [2.75, 3.05) is 7.11 Å². The molecule has 0 amide bonds. The molecule has 0 N–H and O–H groups in total. The molecule has 0 aliphatic carbocycles. The first-order valence-corrected chi connectivity index (χ1v) is 6.63. The number of hydrogen-bond acceptors (Lipinski definition) is 3. The summed E-state index contributed by atoms with van der Waals surface area (Å²) >= 11 is 6.17. The molecule has 1 rings (SSSR count). The predicted octanol–water partition coefficient (Wildman–Crippen LogP) is 2.79. The number of nitrogens with zero attached hydrogens (tertiary/aromatic N) is 2. The Labute approximate surface area is 113 Å². The fourth-order valence-electron chi connectivity index (χ4n) is 1.80. The van der Waals surface area contributed by atoms with Crippen LogP contribution in [0, 0.1) is 6.92 Å². The molecule has 1 heterocycles. The molecule has 0 spiro atoms. The van der Waals surface area contributed by atoms with E-state index >= 15 is 0 Å². The molecule has 0 saturated carbocycles. The van der Waals surface area contributed by atoms with Gasteiger partial charge in [-0.3, -0.25) is 9.48 Å². The zero-order valence-electron chi connectivity index (χ0n) is 11.5. The molecule has 18 heavy (non-hydrogen) atoms. The van der Waals surface area contributed by atoms with Crippen LogP contribution in [0.25, 0.3) is 0 Å². The van der Waals surface area contributed by atoms with Crippen molar-refractivity contribution >= 4 is 17.4 Å². The Morgan fingerprint density at radius 2 is 2.22 bits per heavy atom. The summed E-state index contributed by atoms with van der Waals surface area (Å²) in [5.41, 5.74) is 1.61. The summed E-state index contributed by atoms with van der Waals surface area (Å²) in [6, 6.07) is 0. The standard InChI is InChI=1S/C13H21ClN2O2/c1-5-16-12(13(14)10(3)15-16)8-11(17)7-6-9(2)18-4/h9H,5-8H2,1-4H3.